The van der Waals surface area contributed by atoms with Gasteiger partial charge >= 0.3 is 0 Å². The van der Waals surface area contributed by atoms with Gasteiger partial charge in [0.05, 0.1) is 10.8 Å². The summed E-state index contributed by atoms with van der Waals surface area (Å²) in [4.78, 5) is 22.6. The molecule has 0 bridgehead atoms. The Morgan fingerprint density at radius 1 is 1.44 bits per heavy atom. The highest BCUT2D eigenvalue weighted by molar-refractivity contribution is 7.86. The zero-order chi connectivity index (χ0) is 13.9. The number of Topliss-reactive ketones (excluding diaryl/α,β-unsaturated/α-hetero) is 2. The van der Waals surface area contributed by atoms with Crippen LogP contribution in [0.5, 0.6) is 5.75 Å². The van der Waals surface area contributed by atoms with Crippen LogP contribution in [0.15, 0.2) is 4.21 Å². The molecule has 0 aliphatic rings. The highest BCUT2D eigenvalue weighted by Crippen LogP contribution is 2.37. The number of ether oxygens (including phenoxy) is 1. The van der Waals surface area contributed by atoms with E-state index in [1.807, 2.05) is 6.07 Å². The van der Waals surface area contributed by atoms with E-state index in [-0.39, 0.29) is 34.4 Å². The summed E-state index contributed by atoms with van der Waals surface area (Å²) in [5.41, 5.74) is 0.0762. The Balaban J connectivity index is 3.35. The summed E-state index contributed by atoms with van der Waals surface area (Å²) in [6, 6.07) is 1.87. The Morgan fingerprint density at radius 2 is 2.06 bits per heavy atom. The van der Waals surface area contributed by atoms with Gasteiger partial charge in [-0.15, -0.1) is 11.3 Å². The molecule has 0 aromatic carbocycles. The van der Waals surface area contributed by atoms with Crippen molar-refractivity contribution in [2.24, 2.45) is 0 Å². The summed E-state index contributed by atoms with van der Waals surface area (Å²) in [7, 11) is -1.38. The van der Waals surface area contributed by atoms with Gasteiger partial charge in [-0.2, -0.15) is 5.26 Å². The van der Waals surface area contributed by atoms with Crippen molar-refractivity contribution < 1.29 is 18.5 Å². The Bertz CT molecular complexity index is 568. The summed E-state index contributed by atoms with van der Waals surface area (Å²) in [5.74, 6) is -0.444. The van der Waals surface area contributed by atoms with Crippen LogP contribution in [-0.2, 0) is 15.6 Å². The smallest absolute Gasteiger partial charge is 0.173 e. The number of carbonyl (C=O) groups excluding carboxylic acids is 2. The Labute approximate surface area is 111 Å². The molecule has 0 aliphatic carbocycles. The van der Waals surface area contributed by atoms with Crippen molar-refractivity contribution in [3.8, 4) is 11.8 Å². The molecule has 0 saturated carbocycles. The van der Waals surface area contributed by atoms with Crippen LogP contribution in [0.25, 0.3) is 0 Å². The van der Waals surface area contributed by atoms with Crippen molar-refractivity contribution in [2.45, 2.75) is 18.1 Å². The second kappa shape index (κ2) is 5.89. The lowest BCUT2D eigenvalue weighted by Gasteiger charge is -2.03. The molecule has 1 unspecified atom stereocenters. The maximum absolute atomic E-state index is 11.5. The van der Waals surface area contributed by atoms with E-state index in [4.69, 9.17) is 10.00 Å². The molecule has 7 heteroatoms. The predicted octanol–water partition coefficient (Wildman–Crippen LogP) is 1.53. The number of nitriles is 1. The Kier molecular flexibility index (Phi) is 4.76. The second-order valence-corrected chi connectivity index (χ2v) is 6.13. The molecule has 0 aliphatic heterocycles. The van der Waals surface area contributed by atoms with Gasteiger partial charge in [0.15, 0.2) is 17.3 Å². The molecule has 0 amide bonds. The van der Waals surface area contributed by atoms with Crippen LogP contribution in [0, 0.1) is 11.3 Å². The molecular weight excluding hydrogens is 274 g/mol. The van der Waals surface area contributed by atoms with Crippen LogP contribution >= 0.6 is 11.3 Å². The molecule has 0 saturated heterocycles. The average Bonchev–Trinajstić information content (AvgIpc) is 2.64. The number of nitrogens with zero attached hydrogens (tertiary/aromatic N) is 1. The fourth-order valence-electron chi connectivity index (χ4n) is 1.24. The number of rotatable bonds is 5. The van der Waals surface area contributed by atoms with Crippen LogP contribution in [-0.4, -0.2) is 28.6 Å². The lowest BCUT2D eigenvalue weighted by molar-refractivity contribution is -0.118. The molecule has 1 aromatic heterocycles. The summed E-state index contributed by atoms with van der Waals surface area (Å²) in [5, 5.41) is 9.05. The van der Waals surface area contributed by atoms with Crippen LogP contribution in [0.2, 0.25) is 0 Å². The van der Waals surface area contributed by atoms with Crippen molar-refractivity contribution in [1.29, 1.82) is 5.26 Å². The largest absolute Gasteiger partial charge is 0.483 e. The molecule has 0 fully saturated rings. The summed E-state index contributed by atoms with van der Waals surface area (Å²) < 4.78 is 17.0. The fourth-order valence-corrected chi connectivity index (χ4v) is 3.21. The van der Waals surface area contributed by atoms with E-state index in [0.29, 0.717) is 4.21 Å². The van der Waals surface area contributed by atoms with E-state index in [9.17, 15) is 13.8 Å². The topological polar surface area (TPSA) is 84.2 Å². The fraction of sp³-hybridized carbons (Fsp3) is 0.364. The van der Waals surface area contributed by atoms with E-state index in [1.165, 1.54) is 20.1 Å². The zero-order valence-corrected chi connectivity index (χ0v) is 11.7. The lowest BCUT2D eigenvalue weighted by Crippen LogP contribution is -2.08. The third-order valence-corrected chi connectivity index (χ3v) is 4.69. The van der Waals surface area contributed by atoms with Gasteiger partial charge in [-0.3, -0.25) is 13.8 Å². The van der Waals surface area contributed by atoms with Crippen molar-refractivity contribution in [1.82, 2.24) is 0 Å². The number of thiophene rings is 1. The number of ketones is 2. The Hall–Kier alpha value is -1.52. The lowest BCUT2D eigenvalue weighted by atomic mass is 10.2. The first-order chi connectivity index (χ1) is 8.38. The summed E-state index contributed by atoms with van der Waals surface area (Å²) in [6.07, 6.45) is 1.42. The first-order valence-electron chi connectivity index (χ1n) is 4.92. The van der Waals surface area contributed by atoms with Gasteiger partial charge in [-0.25, -0.2) is 0 Å². The first-order valence-corrected chi connectivity index (χ1v) is 7.29. The predicted molar refractivity (Wildman–Crippen MR) is 67.5 cm³/mol. The maximum atomic E-state index is 11.5. The van der Waals surface area contributed by atoms with Gasteiger partial charge < -0.3 is 4.74 Å². The quantitative estimate of drug-likeness (QED) is 0.766. The monoisotopic (exact) mass is 285 g/mol. The van der Waals surface area contributed by atoms with E-state index in [2.05, 4.69) is 0 Å². The number of carbonyl (C=O) groups is 2. The van der Waals surface area contributed by atoms with Crippen LogP contribution in [0.3, 0.4) is 0 Å². The molecule has 0 radical (unpaired) electrons. The molecule has 18 heavy (non-hydrogen) atoms. The minimum absolute atomic E-state index is 0.0652. The molecule has 1 heterocycles. The molecule has 1 atom stereocenters. The van der Waals surface area contributed by atoms with Gasteiger partial charge in [0.2, 0.25) is 0 Å². The third kappa shape index (κ3) is 3.03. The highest BCUT2D eigenvalue weighted by atomic mass is 32.2. The van der Waals surface area contributed by atoms with Crippen molar-refractivity contribution in [2.75, 3.05) is 12.9 Å². The van der Waals surface area contributed by atoms with Crippen LogP contribution < -0.4 is 4.74 Å². The third-order valence-electron chi connectivity index (χ3n) is 1.94. The van der Waals surface area contributed by atoms with Gasteiger partial charge in [0.25, 0.3) is 0 Å². The normalized spacial score (nSPS) is 11.7. The van der Waals surface area contributed by atoms with Crippen molar-refractivity contribution in [3.63, 3.8) is 0 Å². The van der Waals surface area contributed by atoms with Crippen LogP contribution in [0.4, 0.5) is 0 Å². The maximum Gasteiger partial charge on any atom is 0.173 e. The van der Waals surface area contributed by atoms with Crippen molar-refractivity contribution in [3.05, 3.63) is 10.4 Å². The minimum Gasteiger partial charge on any atom is -0.483 e. The van der Waals surface area contributed by atoms with E-state index in [0.717, 1.165) is 11.3 Å². The number of hydrogen-bond acceptors (Lipinski definition) is 6. The molecule has 1 rings (SSSR count). The molecule has 96 valence electrons. The highest BCUT2D eigenvalue weighted by Gasteiger charge is 2.24. The SMILES string of the molecule is CC(=O)COc1c(C(C)=O)sc(S(C)=O)c1C#N. The van der Waals surface area contributed by atoms with Gasteiger partial charge in [-0.1, -0.05) is 0 Å². The first kappa shape index (κ1) is 14.5. The molecule has 5 nitrogen and oxygen atoms in total. The van der Waals surface area contributed by atoms with Gasteiger partial charge in [0, 0.05) is 13.2 Å². The van der Waals surface area contributed by atoms with Crippen LogP contribution in [0.1, 0.15) is 29.1 Å². The molecular formula is C11H11NO4S2. The van der Waals surface area contributed by atoms with E-state index < -0.39 is 10.8 Å². The average molecular weight is 285 g/mol. The molecule has 1 aromatic rings. The molecule has 0 N–H and O–H groups in total. The van der Waals surface area contributed by atoms with E-state index in [1.54, 1.807) is 0 Å². The number of hydrogen-bond donors (Lipinski definition) is 0. The summed E-state index contributed by atoms with van der Waals surface area (Å²) >= 11 is 0.970. The Morgan fingerprint density at radius 3 is 2.44 bits per heavy atom. The minimum atomic E-state index is -1.38. The molecule has 0 spiro atoms. The van der Waals surface area contributed by atoms with Gasteiger partial charge in [0.1, 0.15) is 27.3 Å². The summed E-state index contributed by atoms with van der Waals surface area (Å²) in [6.45, 7) is 2.45. The van der Waals surface area contributed by atoms with Gasteiger partial charge in [-0.05, 0) is 6.92 Å². The van der Waals surface area contributed by atoms with Crippen molar-refractivity contribution >= 4 is 33.7 Å². The zero-order valence-electron chi connectivity index (χ0n) is 10.1. The second-order valence-electron chi connectivity index (χ2n) is 3.54. The van der Waals surface area contributed by atoms with E-state index >= 15 is 0 Å². The standard InChI is InChI=1S/C11H11NO4S2/c1-6(13)5-16-9-8(4-12)11(18(3)15)17-10(9)7(2)14/h5H2,1-3H3.